The lowest BCUT2D eigenvalue weighted by atomic mass is 9.97. The molecule has 0 unspecified atom stereocenters. The molecule has 0 aliphatic rings. The van der Waals surface area contributed by atoms with Crippen LogP contribution >= 0.6 is 0 Å². The number of hydrogen-bond acceptors (Lipinski definition) is 4. The van der Waals surface area contributed by atoms with Gasteiger partial charge in [0.25, 0.3) is 0 Å². The molecule has 0 bridgehead atoms. The van der Waals surface area contributed by atoms with Crippen LogP contribution in [0.15, 0.2) is 36.4 Å². The van der Waals surface area contributed by atoms with E-state index in [0.717, 1.165) is 16.7 Å². The Morgan fingerprint density at radius 3 is 2.60 bits per heavy atom. The second kappa shape index (κ2) is 5.75. The number of methoxy groups -OCH3 is 1. The second-order valence-electron chi connectivity index (χ2n) is 4.66. The zero-order valence-electron chi connectivity index (χ0n) is 11.5. The average molecular weight is 271 g/mol. The first-order chi connectivity index (χ1) is 9.55. The highest BCUT2D eigenvalue weighted by molar-refractivity contribution is 5.92. The predicted octanol–water partition coefficient (Wildman–Crippen LogP) is 2.52. The van der Waals surface area contributed by atoms with Gasteiger partial charge in [0.1, 0.15) is 0 Å². The standard InChI is InChI=1S/C16H17NO3/c1-10-3-4-14(15(17)5-10)12-6-11(9-18)7-13(8-12)16(19)20-2/h3-8,18H,9,17H2,1-2H3. The molecule has 0 saturated carbocycles. The summed E-state index contributed by atoms with van der Waals surface area (Å²) >= 11 is 0. The molecule has 4 nitrogen and oxygen atoms in total. The van der Waals surface area contributed by atoms with Gasteiger partial charge in [0.05, 0.1) is 19.3 Å². The maximum atomic E-state index is 11.7. The van der Waals surface area contributed by atoms with Crippen LogP contribution in [0.3, 0.4) is 0 Å². The number of esters is 1. The van der Waals surface area contributed by atoms with Gasteiger partial charge in [-0.15, -0.1) is 0 Å². The number of nitrogens with two attached hydrogens (primary N) is 1. The van der Waals surface area contributed by atoms with Gasteiger partial charge < -0.3 is 15.6 Å². The minimum atomic E-state index is -0.438. The van der Waals surface area contributed by atoms with Crippen molar-refractivity contribution in [3.8, 4) is 11.1 Å². The number of nitrogen functional groups attached to an aromatic ring is 1. The van der Waals surface area contributed by atoms with Crippen molar-refractivity contribution in [1.29, 1.82) is 0 Å². The highest BCUT2D eigenvalue weighted by Crippen LogP contribution is 2.28. The maximum Gasteiger partial charge on any atom is 0.337 e. The Morgan fingerprint density at radius 2 is 2.00 bits per heavy atom. The molecule has 104 valence electrons. The lowest BCUT2D eigenvalue weighted by Gasteiger charge is -2.10. The van der Waals surface area contributed by atoms with Crippen LogP contribution in [0.5, 0.6) is 0 Å². The van der Waals surface area contributed by atoms with Gasteiger partial charge in [0.2, 0.25) is 0 Å². The number of ether oxygens (including phenoxy) is 1. The van der Waals surface area contributed by atoms with Crippen LogP contribution in [0.1, 0.15) is 21.5 Å². The zero-order valence-corrected chi connectivity index (χ0v) is 11.5. The largest absolute Gasteiger partial charge is 0.465 e. The summed E-state index contributed by atoms with van der Waals surface area (Å²) in [5, 5.41) is 9.32. The van der Waals surface area contributed by atoms with E-state index in [1.807, 2.05) is 31.2 Å². The Balaban J connectivity index is 2.58. The Labute approximate surface area is 117 Å². The Bertz CT molecular complexity index is 650. The van der Waals surface area contributed by atoms with Gasteiger partial charge in [-0.2, -0.15) is 0 Å². The SMILES string of the molecule is COC(=O)c1cc(CO)cc(-c2ccc(C)cc2N)c1. The summed E-state index contributed by atoms with van der Waals surface area (Å²) in [5.74, 6) is -0.438. The molecule has 0 atom stereocenters. The molecule has 2 aromatic carbocycles. The van der Waals surface area contributed by atoms with Crippen molar-refractivity contribution >= 4 is 11.7 Å². The fraction of sp³-hybridized carbons (Fsp3) is 0.188. The summed E-state index contributed by atoms with van der Waals surface area (Å²) in [4.78, 5) is 11.7. The third-order valence-electron chi connectivity index (χ3n) is 3.11. The Hall–Kier alpha value is -2.33. The van der Waals surface area contributed by atoms with Crippen LogP contribution in [0, 0.1) is 6.92 Å². The molecule has 4 heteroatoms. The highest BCUT2D eigenvalue weighted by Gasteiger charge is 2.11. The van der Waals surface area contributed by atoms with Crippen LogP contribution in [-0.4, -0.2) is 18.2 Å². The van der Waals surface area contributed by atoms with E-state index in [0.29, 0.717) is 16.8 Å². The van der Waals surface area contributed by atoms with Gasteiger partial charge in [-0.1, -0.05) is 12.1 Å². The molecule has 2 aromatic rings. The fourth-order valence-corrected chi connectivity index (χ4v) is 2.12. The second-order valence-corrected chi connectivity index (χ2v) is 4.66. The number of aliphatic hydroxyl groups excluding tert-OH is 1. The number of carbonyl (C=O) groups is 1. The van der Waals surface area contributed by atoms with Crippen LogP contribution in [0.4, 0.5) is 5.69 Å². The number of anilines is 1. The molecule has 0 aliphatic carbocycles. The third-order valence-corrected chi connectivity index (χ3v) is 3.11. The highest BCUT2D eigenvalue weighted by atomic mass is 16.5. The molecule has 0 amide bonds. The first kappa shape index (κ1) is 14.1. The van der Waals surface area contributed by atoms with Gasteiger partial charge in [-0.05, 0) is 47.9 Å². The summed E-state index contributed by atoms with van der Waals surface area (Å²) in [7, 11) is 1.33. The molecular weight excluding hydrogens is 254 g/mol. The third kappa shape index (κ3) is 2.81. The number of benzene rings is 2. The molecule has 0 saturated heterocycles. The van der Waals surface area contributed by atoms with E-state index < -0.39 is 5.97 Å². The van der Waals surface area contributed by atoms with E-state index in [9.17, 15) is 9.90 Å². The van der Waals surface area contributed by atoms with E-state index in [1.165, 1.54) is 7.11 Å². The monoisotopic (exact) mass is 271 g/mol. The molecule has 0 spiro atoms. The van der Waals surface area contributed by atoms with Gasteiger partial charge in [0.15, 0.2) is 0 Å². The van der Waals surface area contributed by atoms with Crippen molar-refractivity contribution in [3.05, 3.63) is 53.1 Å². The molecule has 0 heterocycles. The van der Waals surface area contributed by atoms with Gasteiger partial charge in [-0.25, -0.2) is 4.79 Å². The van der Waals surface area contributed by atoms with Gasteiger partial charge in [-0.3, -0.25) is 0 Å². The minimum absolute atomic E-state index is 0.149. The van der Waals surface area contributed by atoms with Gasteiger partial charge in [0, 0.05) is 11.3 Å². The van der Waals surface area contributed by atoms with Crippen LogP contribution in [0.2, 0.25) is 0 Å². The Morgan fingerprint density at radius 1 is 1.25 bits per heavy atom. The van der Waals surface area contributed by atoms with Crippen molar-refractivity contribution in [2.24, 2.45) is 0 Å². The number of aliphatic hydroxyl groups is 1. The molecule has 2 rings (SSSR count). The smallest absolute Gasteiger partial charge is 0.337 e. The van der Waals surface area contributed by atoms with Crippen LogP contribution < -0.4 is 5.73 Å². The summed E-state index contributed by atoms with van der Waals surface area (Å²) < 4.78 is 4.72. The van der Waals surface area contributed by atoms with E-state index >= 15 is 0 Å². The lowest BCUT2D eigenvalue weighted by Crippen LogP contribution is -2.03. The van der Waals surface area contributed by atoms with Crippen LogP contribution in [0.25, 0.3) is 11.1 Å². The number of aryl methyl sites for hydroxylation is 1. The molecule has 3 N–H and O–H groups in total. The zero-order chi connectivity index (χ0) is 14.7. The number of rotatable bonds is 3. The van der Waals surface area contributed by atoms with E-state index in [1.54, 1.807) is 12.1 Å². The number of carbonyl (C=O) groups excluding carboxylic acids is 1. The molecule has 0 fully saturated rings. The first-order valence-corrected chi connectivity index (χ1v) is 6.25. The summed E-state index contributed by atoms with van der Waals surface area (Å²) in [6.45, 7) is 1.81. The van der Waals surface area contributed by atoms with Gasteiger partial charge >= 0.3 is 5.97 Å². The molecule has 0 aromatic heterocycles. The van der Waals surface area contributed by atoms with Crippen molar-refractivity contribution in [1.82, 2.24) is 0 Å². The fourth-order valence-electron chi connectivity index (χ4n) is 2.12. The summed E-state index contributed by atoms with van der Waals surface area (Å²) in [5.41, 5.74) is 10.4. The summed E-state index contributed by atoms with van der Waals surface area (Å²) in [6, 6.07) is 10.9. The maximum absolute atomic E-state index is 11.7. The van der Waals surface area contributed by atoms with Crippen molar-refractivity contribution in [2.45, 2.75) is 13.5 Å². The predicted molar refractivity (Wildman–Crippen MR) is 78.3 cm³/mol. The molecular formula is C16H17NO3. The van der Waals surface area contributed by atoms with E-state index in [2.05, 4.69) is 0 Å². The van der Waals surface area contributed by atoms with E-state index in [4.69, 9.17) is 10.5 Å². The first-order valence-electron chi connectivity index (χ1n) is 6.25. The quantitative estimate of drug-likeness (QED) is 0.664. The van der Waals surface area contributed by atoms with Crippen molar-refractivity contribution < 1.29 is 14.6 Å². The molecule has 0 aliphatic heterocycles. The van der Waals surface area contributed by atoms with Crippen molar-refractivity contribution in [2.75, 3.05) is 12.8 Å². The normalized spacial score (nSPS) is 10.3. The minimum Gasteiger partial charge on any atom is -0.465 e. The number of hydrogen-bond donors (Lipinski definition) is 2. The van der Waals surface area contributed by atoms with Crippen LogP contribution in [-0.2, 0) is 11.3 Å². The topological polar surface area (TPSA) is 72.5 Å². The Kier molecular flexibility index (Phi) is 4.05. The molecule has 0 radical (unpaired) electrons. The molecule has 20 heavy (non-hydrogen) atoms. The summed E-state index contributed by atoms with van der Waals surface area (Å²) in [6.07, 6.45) is 0. The average Bonchev–Trinajstić information content (AvgIpc) is 2.45. The lowest BCUT2D eigenvalue weighted by molar-refractivity contribution is 0.0600. The van der Waals surface area contributed by atoms with Crippen molar-refractivity contribution in [3.63, 3.8) is 0 Å². The van der Waals surface area contributed by atoms with E-state index in [-0.39, 0.29) is 6.61 Å².